The first-order valence-electron chi connectivity index (χ1n) is 4.72. The minimum atomic E-state index is -0.993. The molecule has 8 heteroatoms. The first kappa shape index (κ1) is 13.6. The Balaban J connectivity index is 2.97. The van der Waals surface area contributed by atoms with Crippen LogP contribution in [0.3, 0.4) is 0 Å². The van der Waals surface area contributed by atoms with Gasteiger partial charge in [-0.15, -0.1) is 0 Å². The van der Waals surface area contributed by atoms with Gasteiger partial charge in [-0.2, -0.15) is 0 Å². The minimum Gasteiger partial charge on any atom is -0.394 e. The summed E-state index contributed by atoms with van der Waals surface area (Å²) in [5.41, 5.74) is -1.22. The molecule has 0 unspecified atom stereocenters. The second-order valence-electron chi connectivity index (χ2n) is 3.78. The van der Waals surface area contributed by atoms with Crippen LogP contribution in [0, 0.1) is 10.1 Å². The number of rotatable bonds is 5. The van der Waals surface area contributed by atoms with Crippen molar-refractivity contribution < 1.29 is 15.1 Å². The molecule has 0 aliphatic rings. The third-order valence-electron chi connectivity index (χ3n) is 2.16. The third kappa shape index (κ3) is 3.26. The quantitative estimate of drug-likeness (QED) is 0.534. The van der Waals surface area contributed by atoms with Gasteiger partial charge >= 0.3 is 0 Å². The average molecular weight is 262 g/mol. The van der Waals surface area contributed by atoms with Crippen molar-refractivity contribution in [2.45, 2.75) is 12.5 Å². The summed E-state index contributed by atoms with van der Waals surface area (Å²) < 4.78 is 0. The maximum Gasteiger partial charge on any atom is 0.289 e. The molecular formula is C9H12ClN3O4. The first-order chi connectivity index (χ1) is 7.91. The van der Waals surface area contributed by atoms with Crippen molar-refractivity contribution in [3.63, 3.8) is 0 Å². The van der Waals surface area contributed by atoms with Gasteiger partial charge in [0, 0.05) is 6.07 Å². The zero-order valence-electron chi connectivity index (χ0n) is 9.05. The molecule has 0 spiro atoms. The van der Waals surface area contributed by atoms with Crippen LogP contribution in [0.15, 0.2) is 12.3 Å². The van der Waals surface area contributed by atoms with Crippen molar-refractivity contribution in [2.24, 2.45) is 0 Å². The van der Waals surface area contributed by atoms with Gasteiger partial charge in [-0.1, -0.05) is 11.6 Å². The zero-order valence-corrected chi connectivity index (χ0v) is 9.81. The summed E-state index contributed by atoms with van der Waals surface area (Å²) in [5, 5.41) is 31.4. The van der Waals surface area contributed by atoms with Crippen molar-refractivity contribution in [3.05, 3.63) is 27.4 Å². The molecule has 17 heavy (non-hydrogen) atoms. The van der Waals surface area contributed by atoms with E-state index in [1.807, 2.05) is 0 Å². The van der Waals surface area contributed by atoms with Gasteiger partial charge in [0.2, 0.25) is 0 Å². The highest BCUT2D eigenvalue weighted by Gasteiger charge is 2.24. The number of aliphatic hydroxyl groups excluding tert-OH is 2. The van der Waals surface area contributed by atoms with Crippen LogP contribution in [0.5, 0.6) is 0 Å². The summed E-state index contributed by atoms with van der Waals surface area (Å²) in [4.78, 5) is 13.6. The van der Waals surface area contributed by atoms with Crippen LogP contribution < -0.4 is 5.32 Å². The Morgan fingerprint density at radius 2 is 2.18 bits per heavy atom. The lowest BCUT2D eigenvalue weighted by Crippen LogP contribution is -2.42. The number of hydrogen-bond donors (Lipinski definition) is 3. The van der Waals surface area contributed by atoms with E-state index in [-0.39, 0.29) is 29.7 Å². The second-order valence-corrected chi connectivity index (χ2v) is 4.19. The number of aliphatic hydroxyl groups is 2. The minimum absolute atomic E-state index is 0.0484. The number of aromatic nitrogens is 1. The van der Waals surface area contributed by atoms with Gasteiger partial charge in [0.05, 0.1) is 28.7 Å². The number of halogens is 1. The number of hydrogen-bond acceptors (Lipinski definition) is 6. The summed E-state index contributed by atoms with van der Waals surface area (Å²) in [6, 6.07) is 1.14. The predicted molar refractivity (Wildman–Crippen MR) is 62.1 cm³/mol. The van der Waals surface area contributed by atoms with Crippen molar-refractivity contribution in [1.82, 2.24) is 4.98 Å². The van der Waals surface area contributed by atoms with Gasteiger partial charge < -0.3 is 15.5 Å². The van der Waals surface area contributed by atoms with Gasteiger partial charge in [-0.3, -0.25) is 10.1 Å². The summed E-state index contributed by atoms with van der Waals surface area (Å²) in [6.07, 6.45) is 1.05. The maximum absolute atomic E-state index is 10.5. The van der Waals surface area contributed by atoms with E-state index in [1.165, 1.54) is 0 Å². The molecule has 0 amide bonds. The monoisotopic (exact) mass is 261 g/mol. The molecule has 0 fully saturated rings. The number of nitrogens with zero attached hydrogens (tertiary/aromatic N) is 2. The molecule has 0 aromatic carbocycles. The molecular weight excluding hydrogens is 250 g/mol. The molecule has 0 saturated carbocycles. The SMILES string of the molecule is CC(CO)(CO)Nc1ncc([N+](=O)[O-])cc1Cl. The van der Waals surface area contributed by atoms with E-state index in [1.54, 1.807) is 6.92 Å². The normalized spacial score (nSPS) is 11.3. The average Bonchev–Trinajstić information content (AvgIpc) is 2.31. The molecule has 1 aromatic heterocycles. The standard InChI is InChI=1S/C9H12ClN3O4/c1-9(4-14,5-15)12-8-7(10)2-6(3-11-8)13(16)17/h2-3,14-15H,4-5H2,1H3,(H,11,12). The van der Waals surface area contributed by atoms with E-state index in [4.69, 9.17) is 21.8 Å². The Bertz CT molecular complexity index is 423. The van der Waals surface area contributed by atoms with Gasteiger partial charge in [-0.05, 0) is 6.92 Å². The van der Waals surface area contributed by atoms with E-state index in [2.05, 4.69) is 10.3 Å². The van der Waals surface area contributed by atoms with Crippen LogP contribution in [-0.2, 0) is 0 Å². The largest absolute Gasteiger partial charge is 0.394 e. The Kier molecular flexibility index (Phi) is 4.22. The predicted octanol–water partition coefficient (Wildman–Crippen LogP) is 0.798. The third-order valence-corrected chi connectivity index (χ3v) is 2.44. The van der Waals surface area contributed by atoms with Crippen LogP contribution in [0.2, 0.25) is 5.02 Å². The topological polar surface area (TPSA) is 109 Å². The van der Waals surface area contributed by atoms with E-state index in [9.17, 15) is 10.1 Å². The highest BCUT2D eigenvalue weighted by atomic mass is 35.5. The molecule has 1 heterocycles. The molecule has 0 radical (unpaired) electrons. The Hall–Kier alpha value is -1.44. The lowest BCUT2D eigenvalue weighted by molar-refractivity contribution is -0.385. The van der Waals surface area contributed by atoms with Crippen LogP contribution in [0.25, 0.3) is 0 Å². The van der Waals surface area contributed by atoms with Gasteiger partial charge in [0.1, 0.15) is 12.0 Å². The molecule has 0 bridgehead atoms. The van der Waals surface area contributed by atoms with Crippen molar-refractivity contribution in [3.8, 4) is 0 Å². The van der Waals surface area contributed by atoms with E-state index >= 15 is 0 Å². The summed E-state index contributed by atoms with van der Waals surface area (Å²) in [6.45, 7) is 0.892. The fourth-order valence-corrected chi connectivity index (χ4v) is 1.24. The van der Waals surface area contributed by atoms with Crippen LogP contribution in [0.4, 0.5) is 11.5 Å². The Morgan fingerprint density at radius 1 is 1.59 bits per heavy atom. The van der Waals surface area contributed by atoms with Crippen molar-refractivity contribution in [1.29, 1.82) is 0 Å². The van der Waals surface area contributed by atoms with Crippen molar-refractivity contribution >= 4 is 23.1 Å². The number of pyridine rings is 1. The van der Waals surface area contributed by atoms with E-state index in [0.29, 0.717) is 0 Å². The Labute approximate surface area is 102 Å². The number of nitro groups is 1. The van der Waals surface area contributed by atoms with Gasteiger partial charge in [0.25, 0.3) is 5.69 Å². The van der Waals surface area contributed by atoms with Gasteiger partial charge in [0.15, 0.2) is 0 Å². The molecule has 3 N–H and O–H groups in total. The number of nitrogens with one attached hydrogen (secondary N) is 1. The number of anilines is 1. The molecule has 1 rings (SSSR count). The molecule has 7 nitrogen and oxygen atoms in total. The summed E-state index contributed by atoms with van der Waals surface area (Å²) in [7, 11) is 0. The van der Waals surface area contributed by atoms with Crippen LogP contribution >= 0.6 is 11.6 Å². The lowest BCUT2D eigenvalue weighted by Gasteiger charge is -2.27. The molecule has 0 atom stereocenters. The molecule has 0 aliphatic carbocycles. The molecule has 94 valence electrons. The fraction of sp³-hybridized carbons (Fsp3) is 0.444. The summed E-state index contributed by atoms with van der Waals surface area (Å²) >= 11 is 5.80. The molecule has 1 aromatic rings. The van der Waals surface area contributed by atoms with Crippen molar-refractivity contribution in [2.75, 3.05) is 18.5 Å². The fourth-order valence-electron chi connectivity index (χ4n) is 1.03. The van der Waals surface area contributed by atoms with E-state index in [0.717, 1.165) is 12.3 Å². The van der Waals surface area contributed by atoms with Gasteiger partial charge in [-0.25, -0.2) is 4.98 Å². The lowest BCUT2D eigenvalue weighted by atomic mass is 10.1. The Morgan fingerprint density at radius 3 is 2.59 bits per heavy atom. The second kappa shape index (κ2) is 5.26. The maximum atomic E-state index is 10.5. The highest BCUT2D eigenvalue weighted by molar-refractivity contribution is 6.33. The summed E-state index contributed by atoms with van der Waals surface area (Å²) in [5.74, 6) is 0.169. The highest BCUT2D eigenvalue weighted by Crippen LogP contribution is 2.26. The van der Waals surface area contributed by atoms with Crippen LogP contribution in [0.1, 0.15) is 6.92 Å². The zero-order chi connectivity index (χ0) is 13.1. The first-order valence-corrected chi connectivity index (χ1v) is 5.09. The molecule has 0 aliphatic heterocycles. The molecule has 0 saturated heterocycles. The van der Waals surface area contributed by atoms with E-state index < -0.39 is 10.5 Å². The van der Waals surface area contributed by atoms with Crippen LogP contribution in [-0.4, -0.2) is 38.9 Å². The smallest absolute Gasteiger partial charge is 0.289 e.